The molecule has 2 aliphatic heterocycles. The number of fused-ring (bicyclic) bond motifs is 1. The van der Waals surface area contributed by atoms with E-state index >= 15 is 0 Å². The molecule has 0 aliphatic carbocycles. The van der Waals surface area contributed by atoms with Crippen LogP contribution in [0.25, 0.3) is 0 Å². The number of carbonyl (C=O) groups is 2. The van der Waals surface area contributed by atoms with Crippen LogP contribution < -0.4 is 5.73 Å². The number of β-lactam (4-membered cyclic amide) rings is 1. The minimum absolute atomic E-state index is 0.0696. The summed E-state index contributed by atoms with van der Waals surface area (Å²) in [7, 11) is 1.77. The van der Waals surface area contributed by atoms with Gasteiger partial charge in [0.05, 0.1) is 0 Å². The third-order valence-electron chi connectivity index (χ3n) is 3.34. The summed E-state index contributed by atoms with van der Waals surface area (Å²) in [5.41, 5.74) is 6.48. The number of carboxylic acid groups (broad SMARTS) is 1. The van der Waals surface area contributed by atoms with Crippen LogP contribution >= 0.6 is 23.5 Å². The van der Waals surface area contributed by atoms with Crippen LogP contribution in [-0.4, -0.2) is 59.6 Å². The molecule has 1 aromatic rings. The number of carboxylic acids is 1. The molecule has 8 nitrogen and oxygen atoms in total. The molecule has 3 rings (SSSR count). The maximum atomic E-state index is 11.8. The molecule has 1 saturated heterocycles. The van der Waals surface area contributed by atoms with E-state index in [1.54, 1.807) is 11.7 Å². The van der Waals surface area contributed by atoms with Crippen LogP contribution in [0.2, 0.25) is 0 Å². The van der Waals surface area contributed by atoms with Crippen LogP contribution in [0, 0.1) is 0 Å². The molecule has 0 spiro atoms. The van der Waals surface area contributed by atoms with Crippen molar-refractivity contribution >= 4 is 35.4 Å². The third kappa shape index (κ3) is 2.32. The molecule has 1 fully saturated rings. The lowest BCUT2D eigenvalue weighted by Crippen LogP contribution is -2.68. The van der Waals surface area contributed by atoms with Crippen molar-refractivity contribution in [3.05, 3.63) is 17.6 Å². The molecular weight excluding hydrogens is 314 g/mol. The van der Waals surface area contributed by atoms with Gasteiger partial charge in [0.1, 0.15) is 23.4 Å². The average molecular weight is 327 g/mol. The van der Waals surface area contributed by atoms with Gasteiger partial charge >= 0.3 is 5.97 Å². The first-order valence-corrected chi connectivity index (χ1v) is 8.16. The molecule has 1 aromatic heterocycles. The Bertz CT molecular complexity index is 644. The summed E-state index contributed by atoms with van der Waals surface area (Å²) in [4.78, 5) is 28.7. The van der Waals surface area contributed by atoms with Crippen molar-refractivity contribution in [1.29, 1.82) is 0 Å². The van der Waals surface area contributed by atoms with Gasteiger partial charge in [-0.1, -0.05) is 11.8 Å². The first kappa shape index (κ1) is 14.4. The van der Waals surface area contributed by atoms with Crippen molar-refractivity contribution in [3.8, 4) is 0 Å². The number of hydrogen-bond acceptors (Lipinski definition) is 7. The predicted molar refractivity (Wildman–Crippen MR) is 77.5 cm³/mol. The number of aryl methyl sites for hydroxylation is 1. The quantitative estimate of drug-likeness (QED) is 0.561. The zero-order valence-corrected chi connectivity index (χ0v) is 12.7. The smallest absolute Gasteiger partial charge is 0.352 e. The molecule has 3 N–H and O–H groups in total. The van der Waals surface area contributed by atoms with Gasteiger partial charge in [-0.25, -0.2) is 14.5 Å². The van der Waals surface area contributed by atoms with E-state index in [1.165, 1.54) is 34.8 Å². The number of amides is 1. The van der Waals surface area contributed by atoms with Gasteiger partial charge in [-0.3, -0.25) is 9.69 Å². The molecule has 21 heavy (non-hydrogen) atoms. The van der Waals surface area contributed by atoms with Crippen LogP contribution in [0.15, 0.2) is 22.8 Å². The van der Waals surface area contributed by atoms with Gasteiger partial charge in [0.2, 0.25) is 5.91 Å². The second-order valence-corrected chi connectivity index (χ2v) is 6.70. The molecule has 112 valence electrons. The van der Waals surface area contributed by atoms with Gasteiger partial charge in [-0.15, -0.1) is 11.8 Å². The van der Waals surface area contributed by atoms with Crippen LogP contribution in [0.3, 0.4) is 0 Å². The molecule has 0 radical (unpaired) electrons. The molecular formula is C11H13N5O3S2. The largest absolute Gasteiger partial charge is 0.477 e. The number of rotatable bonds is 4. The van der Waals surface area contributed by atoms with Crippen molar-refractivity contribution in [1.82, 2.24) is 19.7 Å². The van der Waals surface area contributed by atoms with Gasteiger partial charge in [0.25, 0.3) is 0 Å². The molecule has 3 heterocycles. The van der Waals surface area contributed by atoms with E-state index in [0.29, 0.717) is 22.2 Å². The van der Waals surface area contributed by atoms with Crippen LogP contribution in [0.4, 0.5) is 0 Å². The highest BCUT2D eigenvalue weighted by atomic mass is 32.2. The summed E-state index contributed by atoms with van der Waals surface area (Å²) in [5.74, 6) is -0.415. The van der Waals surface area contributed by atoms with Crippen LogP contribution in [0.1, 0.15) is 0 Å². The monoisotopic (exact) mass is 327 g/mol. The lowest BCUT2D eigenvalue weighted by atomic mass is 10.0. The highest BCUT2D eigenvalue weighted by Crippen LogP contribution is 2.40. The predicted octanol–water partition coefficient (Wildman–Crippen LogP) is -0.512. The molecule has 2 atom stereocenters. The normalized spacial score (nSPS) is 24.9. The minimum atomic E-state index is -1.09. The van der Waals surface area contributed by atoms with Crippen molar-refractivity contribution < 1.29 is 14.7 Å². The SMILES string of the molecule is Cn1ncnc1SCC1=C(C(=O)O)N2C(=O)C(N)[C@@H]2SC1. The van der Waals surface area contributed by atoms with Crippen LogP contribution in [-0.2, 0) is 16.6 Å². The van der Waals surface area contributed by atoms with E-state index in [1.807, 2.05) is 0 Å². The summed E-state index contributed by atoms with van der Waals surface area (Å²) >= 11 is 2.89. The summed E-state index contributed by atoms with van der Waals surface area (Å²) in [6.07, 6.45) is 1.44. The van der Waals surface area contributed by atoms with Crippen molar-refractivity contribution in [2.24, 2.45) is 12.8 Å². The number of aromatic nitrogens is 3. The number of hydrogen-bond donors (Lipinski definition) is 2. The van der Waals surface area contributed by atoms with E-state index in [9.17, 15) is 14.7 Å². The van der Waals surface area contributed by atoms with Gasteiger partial charge in [-0.05, 0) is 5.57 Å². The Hall–Kier alpha value is -1.52. The zero-order chi connectivity index (χ0) is 15.1. The van der Waals surface area contributed by atoms with E-state index < -0.39 is 12.0 Å². The van der Waals surface area contributed by atoms with E-state index in [4.69, 9.17) is 5.73 Å². The second kappa shape index (κ2) is 5.35. The number of thioether (sulfide) groups is 2. The van der Waals surface area contributed by atoms with Crippen molar-refractivity contribution in [2.45, 2.75) is 16.6 Å². The highest BCUT2D eigenvalue weighted by molar-refractivity contribution is 8.01. The van der Waals surface area contributed by atoms with E-state index in [-0.39, 0.29) is 17.0 Å². The number of nitrogens with two attached hydrogens (primary N) is 1. The zero-order valence-electron chi connectivity index (χ0n) is 11.1. The summed E-state index contributed by atoms with van der Waals surface area (Å²) < 4.78 is 1.62. The fourth-order valence-electron chi connectivity index (χ4n) is 2.26. The van der Waals surface area contributed by atoms with Crippen molar-refractivity contribution in [3.63, 3.8) is 0 Å². The maximum Gasteiger partial charge on any atom is 0.352 e. The number of aliphatic carboxylic acids is 1. The first-order chi connectivity index (χ1) is 10.0. The molecule has 10 heteroatoms. The topological polar surface area (TPSA) is 114 Å². The fraction of sp³-hybridized carbons (Fsp3) is 0.455. The lowest BCUT2D eigenvalue weighted by Gasteiger charge is -2.48. The summed E-state index contributed by atoms with van der Waals surface area (Å²) in [6.45, 7) is 0. The van der Waals surface area contributed by atoms with Gasteiger partial charge in [-0.2, -0.15) is 5.10 Å². The Morgan fingerprint density at radius 1 is 1.67 bits per heavy atom. The van der Waals surface area contributed by atoms with E-state index in [2.05, 4.69) is 10.1 Å². The third-order valence-corrected chi connectivity index (χ3v) is 5.82. The number of carbonyl (C=O) groups excluding carboxylic acids is 1. The minimum Gasteiger partial charge on any atom is -0.477 e. The average Bonchev–Trinajstić information content (AvgIpc) is 2.88. The molecule has 1 unspecified atom stereocenters. The van der Waals surface area contributed by atoms with Gasteiger partial charge in [0.15, 0.2) is 5.16 Å². The standard InChI is InChI=1S/C11H13N5O3S2/c1-15-11(13-4-14-15)21-3-5-2-20-9-6(12)8(17)16(9)7(5)10(18)19/h4,6,9H,2-3,12H2,1H3,(H,18,19)/t6?,9-/m0/s1. The molecule has 0 saturated carbocycles. The Kier molecular flexibility index (Phi) is 3.68. The molecule has 1 amide bonds. The fourth-order valence-corrected chi connectivity index (χ4v) is 4.58. The highest BCUT2D eigenvalue weighted by Gasteiger charge is 2.51. The summed E-state index contributed by atoms with van der Waals surface area (Å²) in [5, 5.41) is 13.8. The first-order valence-electron chi connectivity index (χ1n) is 6.13. The Morgan fingerprint density at radius 3 is 3.05 bits per heavy atom. The maximum absolute atomic E-state index is 11.8. The Labute approximate surface area is 128 Å². The van der Waals surface area contributed by atoms with Gasteiger partial charge in [0, 0.05) is 18.6 Å². The van der Waals surface area contributed by atoms with Crippen molar-refractivity contribution in [2.75, 3.05) is 11.5 Å². The second-order valence-electron chi connectivity index (χ2n) is 4.65. The van der Waals surface area contributed by atoms with Gasteiger partial charge < -0.3 is 10.8 Å². The number of nitrogens with zero attached hydrogens (tertiary/aromatic N) is 4. The summed E-state index contributed by atoms with van der Waals surface area (Å²) in [6, 6.07) is -0.600. The van der Waals surface area contributed by atoms with E-state index in [0.717, 1.165) is 0 Å². The Balaban J connectivity index is 1.83. The van der Waals surface area contributed by atoms with Crippen LogP contribution in [0.5, 0.6) is 0 Å². The molecule has 0 bridgehead atoms. The lowest BCUT2D eigenvalue weighted by molar-refractivity contribution is -0.147. The molecule has 2 aliphatic rings. The Morgan fingerprint density at radius 2 is 2.43 bits per heavy atom. The molecule has 0 aromatic carbocycles.